The second-order valence-corrected chi connectivity index (χ2v) is 9.81. The molecule has 0 atom stereocenters. The summed E-state index contributed by atoms with van der Waals surface area (Å²) in [4.78, 5) is 20.0. The van der Waals surface area contributed by atoms with Gasteiger partial charge in [0.2, 0.25) is 5.91 Å². The van der Waals surface area contributed by atoms with Gasteiger partial charge in [0.1, 0.15) is 6.33 Å². The van der Waals surface area contributed by atoms with Gasteiger partial charge in [0, 0.05) is 21.7 Å². The Morgan fingerprint density at radius 1 is 0.971 bits per heavy atom. The van der Waals surface area contributed by atoms with Gasteiger partial charge in [-0.25, -0.2) is 4.98 Å². The van der Waals surface area contributed by atoms with Crippen molar-refractivity contribution in [3.63, 3.8) is 0 Å². The molecule has 0 aliphatic rings. The summed E-state index contributed by atoms with van der Waals surface area (Å²) in [5.74, 6) is 0.146. The second-order valence-electron chi connectivity index (χ2n) is 7.60. The van der Waals surface area contributed by atoms with Gasteiger partial charge < -0.3 is 0 Å². The molecule has 0 saturated carbocycles. The molecule has 0 saturated heterocycles. The van der Waals surface area contributed by atoms with Gasteiger partial charge in [0.25, 0.3) is 0 Å². The number of halogens is 1. The van der Waals surface area contributed by atoms with Crippen molar-refractivity contribution in [3.05, 3.63) is 107 Å². The van der Waals surface area contributed by atoms with E-state index in [9.17, 15) is 4.79 Å². The molecule has 0 bridgehead atoms. The Labute approximate surface area is 216 Å². The lowest BCUT2D eigenvalue weighted by Crippen LogP contribution is -2.32. The number of hydrogen-bond acceptors (Lipinski definition) is 6. The number of thiazole rings is 1. The van der Waals surface area contributed by atoms with Gasteiger partial charge in [-0.3, -0.25) is 14.3 Å². The molecule has 0 unspecified atom stereocenters. The molecule has 0 radical (unpaired) electrons. The van der Waals surface area contributed by atoms with E-state index in [1.54, 1.807) is 11.2 Å². The Hall–Kier alpha value is -3.46. The fourth-order valence-corrected chi connectivity index (χ4v) is 5.24. The van der Waals surface area contributed by atoms with Crippen LogP contribution in [0.2, 0.25) is 5.02 Å². The lowest BCUT2D eigenvalue weighted by Gasteiger charge is -2.20. The first-order valence-electron chi connectivity index (χ1n) is 10.8. The summed E-state index contributed by atoms with van der Waals surface area (Å²) >= 11 is 8.83. The fourth-order valence-electron chi connectivity index (χ4n) is 3.46. The van der Waals surface area contributed by atoms with E-state index < -0.39 is 0 Å². The van der Waals surface area contributed by atoms with E-state index >= 15 is 0 Å². The number of carbonyl (C=O) groups is 1. The number of rotatable bonds is 8. The van der Waals surface area contributed by atoms with Gasteiger partial charge in [0.05, 0.1) is 18.0 Å². The SMILES string of the molecule is O=C(CSc1nncn1-c1ccccc1)N(Cc1ccccc1)c1nc(-c2ccc(Cl)cc2)cs1. The van der Waals surface area contributed by atoms with E-state index in [-0.39, 0.29) is 11.7 Å². The summed E-state index contributed by atoms with van der Waals surface area (Å²) in [5, 5.41) is 12.2. The maximum absolute atomic E-state index is 13.5. The first kappa shape index (κ1) is 23.3. The number of hydrogen-bond donors (Lipinski definition) is 0. The monoisotopic (exact) mass is 517 g/mol. The summed E-state index contributed by atoms with van der Waals surface area (Å²) < 4.78 is 1.88. The van der Waals surface area contributed by atoms with Crippen LogP contribution in [-0.2, 0) is 11.3 Å². The maximum Gasteiger partial charge on any atom is 0.239 e. The molecule has 174 valence electrons. The van der Waals surface area contributed by atoms with E-state index in [1.165, 1.54) is 23.1 Å². The molecule has 5 aromatic rings. The third-order valence-electron chi connectivity index (χ3n) is 5.22. The van der Waals surface area contributed by atoms with Crippen molar-refractivity contribution < 1.29 is 4.79 Å². The summed E-state index contributed by atoms with van der Waals surface area (Å²) in [7, 11) is 0. The number of thioether (sulfide) groups is 1. The predicted molar refractivity (Wildman–Crippen MR) is 142 cm³/mol. The molecule has 2 heterocycles. The zero-order chi connectivity index (χ0) is 24.0. The Morgan fingerprint density at radius 3 is 2.43 bits per heavy atom. The Bertz CT molecular complexity index is 1400. The average Bonchev–Trinajstić information content (AvgIpc) is 3.58. The van der Waals surface area contributed by atoms with E-state index in [4.69, 9.17) is 16.6 Å². The highest BCUT2D eigenvalue weighted by Gasteiger charge is 2.21. The lowest BCUT2D eigenvalue weighted by molar-refractivity contribution is -0.116. The molecule has 0 fully saturated rings. The Balaban J connectivity index is 1.37. The summed E-state index contributed by atoms with van der Waals surface area (Å²) in [6, 6.07) is 27.3. The molecule has 0 spiro atoms. The number of carbonyl (C=O) groups excluding carboxylic acids is 1. The second kappa shape index (κ2) is 10.9. The normalized spacial score (nSPS) is 10.9. The number of amides is 1. The molecule has 2 aromatic heterocycles. The van der Waals surface area contributed by atoms with Gasteiger partial charge in [-0.05, 0) is 29.8 Å². The quantitative estimate of drug-likeness (QED) is 0.224. The Morgan fingerprint density at radius 2 is 1.69 bits per heavy atom. The summed E-state index contributed by atoms with van der Waals surface area (Å²) in [6.45, 7) is 0.430. The number of aromatic nitrogens is 4. The van der Waals surface area contributed by atoms with Crippen molar-refractivity contribution in [2.24, 2.45) is 0 Å². The molecule has 35 heavy (non-hydrogen) atoms. The van der Waals surface area contributed by atoms with Crippen molar-refractivity contribution in [1.82, 2.24) is 19.7 Å². The topological polar surface area (TPSA) is 63.9 Å². The maximum atomic E-state index is 13.5. The van der Waals surface area contributed by atoms with Crippen molar-refractivity contribution in [2.75, 3.05) is 10.7 Å². The number of para-hydroxylation sites is 1. The molecule has 0 N–H and O–H groups in total. The standard InChI is InChI=1S/C26H20ClN5OS2/c27-21-13-11-20(12-14-21)23-16-34-25(29-23)31(15-19-7-3-1-4-8-19)24(33)17-35-26-30-28-18-32(26)22-9-5-2-6-10-22/h1-14,16,18H,15,17H2. The smallest absolute Gasteiger partial charge is 0.239 e. The fraction of sp³-hybridized carbons (Fsp3) is 0.0769. The van der Waals surface area contributed by atoms with Crippen LogP contribution in [0.3, 0.4) is 0 Å². The minimum atomic E-state index is -0.0570. The van der Waals surface area contributed by atoms with E-state index in [0.717, 1.165) is 22.5 Å². The summed E-state index contributed by atoms with van der Waals surface area (Å²) in [6.07, 6.45) is 1.66. The molecule has 1 amide bonds. The number of anilines is 1. The van der Waals surface area contributed by atoms with E-state index in [0.29, 0.717) is 21.9 Å². The van der Waals surface area contributed by atoms with Crippen LogP contribution in [0.5, 0.6) is 0 Å². The summed E-state index contributed by atoms with van der Waals surface area (Å²) in [5.41, 5.74) is 3.74. The van der Waals surface area contributed by atoms with Crippen LogP contribution >= 0.6 is 34.7 Å². The van der Waals surface area contributed by atoms with Crippen LogP contribution in [0.15, 0.2) is 102 Å². The molecule has 3 aromatic carbocycles. The van der Waals surface area contributed by atoms with Gasteiger partial charge >= 0.3 is 0 Å². The first-order valence-corrected chi connectivity index (χ1v) is 13.1. The minimum absolute atomic E-state index is 0.0570. The lowest BCUT2D eigenvalue weighted by atomic mass is 10.2. The van der Waals surface area contributed by atoms with Crippen LogP contribution in [0.1, 0.15) is 5.56 Å². The average molecular weight is 518 g/mol. The number of benzene rings is 3. The van der Waals surface area contributed by atoms with Gasteiger partial charge in [-0.2, -0.15) is 0 Å². The van der Waals surface area contributed by atoms with E-state index in [1.807, 2.05) is 94.9 Å². The molecular weight excluding hydrogens is 498 g/mol. The molecule has 0 aliphatic heterocycles. The first-order chi connectivity index (χ1) is 17.2. The van der Waals surface area contributed by atoms with Crippen LogP contribution in [0, 0.1) is 0 Å². The predicted octanol–water partition coefficient (Wildman–Crippen LogP) is 6.37. The van der Waals surface area contributed by atoms with Gasteiger partial charge in [-0.1, -0.05) is 84.0 Å². The van der Waals surface area contributed by atoms with Crippen LogP contribution in [0.4, 0.5) is 5.13 Å². The third kappa shape index (κ3) is 5.62. The Kier molecular flexibility index (Phi) is 7.23. The number of nitrogens with zero attached hydrogens (tertiary/aromatic N) is 5. The highest BCUT2D eigenvalue weighted by Crippen LogP contribution is 2.30. The van der Waals surface area contributed by atoms with Gasteiger partial charge in [-0.15, -0.1) is 21.5 Å². The highest BCUT2D eigenvalue weighted by molar-refractivity contribution is 7.99. The van der Waals surface area contributed by atoms with Crippen molar-refractivity contribution >= 4 is 45.7 Å². The third-order valence-corrected chi connectivity index (χ3v) is 7.27. The minimum Gasteiger partial charge on any atom is -0.283 e. The highest BCUT2D eigenvalue weighted by atomic mass is 35.5. The van der Waals surface area contributed by atoms with Crippen molar-refractivity contribution in [3.8, 4) is 16.9 Å². The van der Waals surface area contributed by atoms with Gasteiger partial charge in [0.15, 0.2) is 10.3 Å². The van der Waals surface area contributed by atoms with Crippen LogP contribution in [-0.4, -0.2) is 31.4 Å². The van der Waals surface area contributed by atoms with Crippen LogP contribution in [0.25, 0.3) is 16.9 Å². The molecular formula is C26H20ClN5OS2. The molecule has 0 aliphatic carbocycles. The zero-order valence-electron chi connectivity index (χ0n) is 18.5. The van der Waals surface area contributed by atoms with Crippen LogP contribution < -0.4 is 4.90 Å². The van der Waals surface area contributed by atoms with Crippen molar-refractivity contribution in [1.29, 1.82) is 0 Å². The largest absolute Gasteiger partial charge is 0.283 e. The van der Waals surface area contributed by atoms with Crippen molar-refractivity contribution in [2.45, 2.75) is 11.7 Å². The zero-order valence-corrected chi connectivity index (χ0v) is 20.9. The molecule has 6 nitrogen and oxygen atoms in total. The molecule has 5 rings (SSSR count). The molecule has 9 heteroatoms. The van der Waals surface area contributed by atoms with E-state index in [2.05, 4.69) is 10.2 Å².